The first kappa shape index (κ1) is 96.3. The summed E-state index contributed by atoms with van der Waals surface area (Å²) in [6.45, 7) is 63.6. The van der Waals surface area contributed by atoms with Crippen LogP contribution in [0.1, 0.15) is 238 Å². The SMILES string of the molecule is [CH2-]C.[CH2-]C.[CH2-]C.[CH2-]C.[CH2-]C1=Cc2c(N)nc3cc(CCCCC(C)(C)C)ccc3c2C1.[CH2-]C1=Nc2c(N)nc3cc(CCCCC(C)(C)C)ccc3c2C1.[CH2-]C1=Nc2c(N)nc3ccc(CCCCC(C)(C)C)cc3c2C1.[CH2-]C1=Nc2c(N)nc3ccc(CCCCC(C)(C)C)cc3c2C1.[V+2].[V+2].[V+2].[V+2]. The molecule has 8 N–H and O–H groups in total. The third-order valence-corrected chi connectivity index (χ3v) is 18.0. The molecule has 104 heavy (non-hydrogen) atoms. The normalized spacial score (nSPS) is 12.7. The number of anilines is 4. The zero-order chi connectivity index (χ0) is 74.5. The van der Waals surface area contributed by atoms with Crippen molar-refractivity contribution < 1.29 is 74.2 Å². The number of nitrogens with two attached hydrogens (primary N) is 4. The second-order valence-electron chi connectivity index (χ2n) is 31.4. The van der Waals surface area contributed by atoms with Crippen molar-refractivity contribution in [1.82, 2.24) is 19.9 Å². The van der Waals surface area contributed by atoms with E-state index in [0.29, 0.717) is 44.9 Å². The number of aromatic nitrogens is 4. The molecule has 0 spiro atoms. The minimum atomic E-state index is 0. The van der Waals surface area contributed by atoms with Crippen LogP contribution in [-0.2, 0) is 126 Å². The van der Waals surface area contributed by atoms with Crippen molar-refractivity contribution in [2.24, 2.45) is 36.6 Å². The van der Waals surface area contributed by atoms with E-state index < -0.39 is 0 Å². The molecular weight excluding hydrogens is 1430 g/mol. The number of aryl methyl sites for hydroxylation is 4. The molecule has 4 radical (unpaired) electrons. The Kier molecular flexibility index (Phi) is 41.3. The summed E-state index contributed by atoms with van der Waals surface area (Å²) in [7, 11) is 0. The molecule has 556 valence electrons. The molecule has 4 aromatic heterocycles. The van der Waals surface area contributed by atoms with Crippen molar-refractivity contribution in [3.63, 3.8) is 0 Å². The van der Waals surface area contributed by atoms with E-state index in [4.69, 9.17) is 22.9 Å². The molecule has 8 aromatic rings. The average Bonchev–Trinajstić information content (AvgIpc) is 1.58. The summed E-state index contributed by atoms with van der Waals surface area (Å²) < 4.78 is 0. The standard InChI is InChI=1S/C21H27N2.3C20H26N3.4C2H5.4V/c1-14-11-17-16-9-8-15(7-5-6-10-21(2,3)4)13-19(16)23-20(22)18(17)12-14;2*1-13-11-16-15-12-14(7-5-6-10-20(2,3)4)8-9-17(15)23-19(21)18(16)22-13;1-13-11-16-15-9-8-14(7-5-6-10-20(2,3)4)12-17(15)23-19(21)18(16)22-13;4*1-2;;;;/h8-9,12-13H,1,5-7,10-11H2,2-4H3,(H2,22,23);3*8-9,12H,1,5-7,10-11H2,2-4H3,(H2,21,23);4*1H2,2H3;;;;/q8*-1;4*+2. The maximum Gasteiger partial charge on any atom is 2.00 e. The first-order chi connectivity index (χ1) is 47.3. The molecule has 11 nitrogen and oxygen atoms in total. The van der Waals surface area contributed by atoms with Crippen LogP contribution in [0.2, 0.25) is 0 Å². The molecule has 12 rings (SSSR count). The average molecular weight is 1550 g/mol. The van der Waals surface area contributed by atoms with Gasteiger partial charge in [0, 0.05) is 21.5 Å². The number of pyridine rings is 4. The van der Waals surface area contributed by atoms with E-state index in [1.54, 1.807) is 27.7 Å². The van der Waals surface area contributed by atoms with Crippen molar-refractivity contribution >= 4 is 107 Å². The van der Waals surface area contributed by atoms with Gasteiger partial charge < -0.3 is 71.4 Å². The summed E-state index contributed by atoms with van der Waals surface area (Å²) in [6, 6.07) is 26.3. The van der Waals surface area contributed by atoms with E-state index in [1.165, 1.54) is 138 Å². The number of unbranched alkanes of at least 4 members (excludes halogenated alkanes) is 4. The van der Waals surface area contributed by atoms with Gasteiger partial charge in [0.05, 0.1) is 22.1 Å². The third kappa shape index (κ3) is 28.8. The van der Waals surface area contributed by atoms with Gasteiger partial charge in [0.15, 0.2) is 0 Å². The van der Waals surface area contributed by atoms with Gasteiger partial charge in [-0.25, -0.2) is 32.4 Å². The summed E-state index contributed by atoms with van der Waals surface area (Å²) >= 11 is 0. The molecule has 1 aliphatic carbocycles. The minimum Gasteiger partial charge on any atom is -0.384 e. The van der Waals surface area contributed by atoms with Gasteiger partial charge in [-0.2, -0.15) is 33.8 Å². The largest absolute Gasteiger partial charge is 2.00 e. The number of nitrogen functional groups attached to an aromatic ring is 4. The van der Waals surface area contributed by atoms with Crippen LogP contribution in [0.15, 0.2) is 93.3 Å². The second-order valence-corrected chi connectivity index (χ2v) is 31.4. The van der Waals surface area contributed by atoms with E-state index in [-0.39, 0.29) is 74.2 Å². The Balaban J connectivity index is 0.000000662. The fourth-order valence-electron chi connectivity index (χ4n) is 13.1. The maximum atomic E-state index is 6.14. The van der Waals surface area contributed by atoms with E-state index in [2.05, 4.69) is 252 Å². The monoisotopic (exact) mass is 1550 g/mol. The van der Waals surface area contributed by atoms with Crippen LogP contribution in [0.4, 0.5) is 40.3 Å². The topological polar surface area (TPSA) is 193 Å². The van der Waals surface area contributed by atoms with Crippen LogP contribution >= 0.6 is 0 Å². The van der Waals surface area contributed by atoms with Crippen LogP contribution in [0, 0.1) is 77.0 Å². The molecule has 0 bridgehead atoms. The van der Waals surface area contributed by atoms with Crippen LogP contribution in [0.3, 0.4) is 0 Å². The third-order valence-electron chi connectivity index (χ3n) is 18.0. The molecule has 0 atom stereocenters. The predicted molar refractivity (Wildman–Crippen MR) is 442 cm³/mol. The quantitative estimate of drug-likeness (QED) is 0.0542. The second kappa shape index (κ2) is 44.6. The minimum absolute atomic E-state index is 0. The van der Waals surface area contributed by atoms with Crippen molar-refractivity contribution in [2.45, 2.75) is 239 Å². The first-order valence-electron chi connectivity index (χ1n) is 36.7. The Hall–Kier alpha value is -5.71. The zero-order valence-corrected chi connectivity index (χ0v) is 72.1. The Morgan fingerprint density at radius 3 is 0.904 bits per heavy atom. The van der Waals surface area contributed by atoms with Crippen molar-refractivity contribution in [3.05, 3.63) is 184 Å². The number of rotatable bonds is 16. The van der Waals surface area contributed by atoms with Gasteiger partial charge in [-0.1, -0.05) is 151 Å². The molecule has 3 aliphatic heterocycles. The summed E-state index contributed by atoms with van der Waals surface area (Å²) in [5, 5.41) is 4.76. The van der Waals surface area contributed by atoms with Gasteiger partial charge in [-0.3, -0.25) is 15.0 Å². The Labute approximate surface area is 678 Å². The number of hydrogen-bond donors (Lipinski definition) is 4. The fraction of sp³-hybridized carbons (Fsp3) is 0.449. The molecule has 0 saturated heterocycles. The molecule has 0 amide bonds. The molecule has 4 aliphatic rings. The van der Waals surface area contributed by atoms with Crippen molar-refractivity contribution in [2.75, 3.05) is 22.9 Å². The molecule has 4 aromatic carbocycles. The van der Waals surface area contributed by atoms with E-state index >= 15 is 0 Å². The number of hydrogen-bond acceptors (Lipinski definition) is 11. The fourth-order valence-corrected chi connectivity index (χ4v) is 13.1. The van der Waals surface area contributed by atoms with Crippen LogP contribution in [-0.4, -0.2) is 37.1 Å². The van der Waals surface area contributed by atoms with Crippen LogP contribution in [0.25, 0.3) is 49.7 Å². The smallest absolute Gasteiger partial charge is 0.384 e. The predicted octanol–water partition coefficient (Wildman–Crippen LogP) is 23.8. The molecule has 7 heterocycles. The zero-order valence-electron chi connectivity index (χ0n) is 66.5. The summed E-state index contributed by atoms with van der Waals surface area (Å²) in [6.07, 6.45) is 24.8. The molecular formula is C89H125N11V4. The van der Waals surface area contributed by atoms with E-state index in [9.17, 15) is 0 Å². The summed E-state index contributed by atoms with van der Waals surface area (Å²) in [5.41, 5.74) is 47.5. The molecule has 0 unspecified atom stereocenters. The summed E-state index contributed by atoms with van der Waals surface area (Å²) in [5.74, 6) is 2.19. The number of fused-ring (bicyclic) bond motifs is 12. The van der Waals surface area contributed by atoms with Gasteiger partial charge in [0.2, 0.25) is 0 Å². The summed E-state index contributed by atoms with van der Waals surface area (Å²) in [4.78, 5) is 31.5. The van der Waals surface area contributed by atoms with Gasteiger partial charge in [-0.15, -0.1) is 17.1 Å². The van der Waals surface area contributed by atoms with Crippen molar-refractivity contribution in [3.8, 4) is 0 Å². The molecule has 15 heteroatoms. The first-order valence-corrected chi connectivity index (χ1v) is 36.7. The Morgan fingerprint density at radius 2 is 0.587 bits per heavy atom. The molecule has 0 saturated carbocycles. The van der Waals surface area contributed by atoms with Gasteiger partial charge in [0.1, 0.15) is 40.3 Å². The van der Waals surface area contributed by atoms with Gasteiger partial charge in [-0.05, 0) is 205 Å². The number of benzene rings is 4. The number of aliphatic imine (C=N–C) groups is 3. The maximum absolute atomic E-state index is 6.14. The van der Waals surface area contributed by atoms with E-state index in [1.807, 2.05) is 0 Å². The number of nitrogens with zero attached hydrogens (tertiary/aromatic N) is 7. The Bertz CT molecular complexity index is 3890. The van der Waals surface area contributed by atoms with Gasteiger partial charge >= 0.3 is 74.2 Å². The van der Waals surface area contributed by atoms with Crippen LogP contribution < -0.4 is 22.9 Å². The Morgan fingerprint density at radius 1 is 0.317 bits per heavy atom. The number of allylic oxidation sites excluding steroid dienone is 1. The van der Waals surface area contributed by atoms with E-state index in [0.717, 1.165) is 124 Å². The van der Waals surface area contributed by atoms with Crippen LogP contribution in [0.5, 0.6) is 0 Å². The van der Waals surface area contributed by atoms with Gasteiger partial charge in [0.25, 0.3) is 0 Å². The molecule has 0 fully saturated rings. The van der Waals surface area contributed by atoms with Crippen molar-refractivity contribution in [1.29, 1.82) is 0 Å².